The predicted molar refractivity (Wildman–Crippen MR) is 103 cm³/mol. The van der Waals surface area contributed by atoms with E-state index in [4.69, 9.17) is 4.74 Å². The Hall–Kier alpha value is -2.49. The lowest BCUT2D eigenvalue weighted by molar-refractivity contribution is 0.133. The van der Waals surface area contributed by atoms with Crippen LogP contribution < -0.4 is 20.9 Å². The molecule has 1 saturated heterocycles. The van der Waals surface area contributed by atoms with E-state index in [0.29, 0.717) is 32.4 Å². The van der Waals surface area contributed by atoms with Crippen LogP contribution in [0.3, 0.4) is 0 Å². The first-order valence-corrected chi connectivity index (χ1v) is 10.1. The molecule has 0 radical (unpaired) electrons. The van der Waals surface area contributed by atoms with Gasteiger partial charge in [0, 0.05) is 25.0 Å². The van der Waals surface area contributed by atoms with E-state index in [1.165, 1.54) is 11.7 Å². The number of aliphatic hydroxyl groups excluding tert-OH is 1. The number of halogens is 3. The molecule has 2 aliphatic carbocycles. The highest BCUT2D eigenvalue weighted by Gasteiger charge is 2.44. The summed E-state index contributed by atoms with van der Waals surface area (Å²) in [7, 11) is 1.27. The maximum Gasteiger partial charge on any atom is 0.329 e. The Balaban J connectivity index is 1.83. The van der Waals surface area contributed by atoms with E-state index in [-0.39, 0.29) is 34.8 Å². The highest BCUT2D eigenvalue weighted by Crippen LogP contribution is 2.49. The molecule has 0 spiro atoms. The van der Waals surface area contributed by atoms with Crippen molar-refractivity contribution in [1.82, 2.24) is 9.55 Å². The second kappa shape index (κ2) is 6.76. The van der Waals surface area contributed by atoms with Crippen molar-refractivity contribution >= 4 is 16.6 Å². The van der Waals surface area contributed by atoms with Crippen LogP contribution in [0, 0.1) is 17.7 Å². The van der Waals surface area contributed by atoms with E-state index in [9.17, 15) is 23.5 Å². The van der Waals surface area contributed by atoms with Gasteiger partial charge in [-0.05, 0) is 31.6 Å². The van der Waals surface area contributed by atoms with Crippen LogP contribution in [0.1, 0.15) is 43.7 Å². The van der Waals surface area contributed by atoms with Gasteiger partial charge in [0.05, 0.1) is 24.2 Å². The number of hydrogen-bond acceptors (Lipinski definition) is 5. The van der Waals surface area contributed by atoms with Crippen molar-refractivity contribution in [2.75, 3.05) is 25.1 Å². The van der Waals surface area contributed by atoms with Crippen LogP contribution in [-0.4, -0.2) is 41.0 Å². The Morgan fingerprint density at radius 2 is 1.90 bits per heavy atom. The van der Waals surface area contributed by atoms with Crippen molar-refractivity contribution in [2.24, 2.45) is 11.8 Å². The average molecular weight is 425 g/mol. The maximum absolute atomic E-state index is 15.6. The zero-order chi connectivity index (χ0) is 21.3. The van der Waals surface area contributed by atoms with Crippen molar-refractivity contribution < 1.29 is 23.0 Å². The number of alkyl halides is 2. The molecule has 5 rings (SSSR count). The second-order valence-electron chi connectivity index (χ2n) is 8.47. The number of aromatic amines is 1. The minimum Gasteiger partial charge on any atom is -0.492 e. The van der Waals surface area contributed by atoms with Gasteiger partial charge >= 0.3 is 5.69 Å². The van der Waals surface area contributed by atoms with Crippen LogP contribution in [0.5, 0.6) is 5.75 Å². The fourth-order valence-electron chi connectivity index (χ4n) is 5.25. The lowest BCUT2D eigenvalue weighted by Crippen LogP contribution is -2.32. The molecular weight excluding hydrogens is 403 g/mol. The monoisotopic (exact) mass is 425 g/mol. The van der Waals surface area contributed by atoms with Crippen LogP contribution in [0.4, 0.5) is 18.9 Å². The van der Waals surface area contributed by atoms with E-state index >= 15 is 4.39 Å². The Morgan fingerprint density at radius 3 is 2.50 bits per heavy atom. The molecule has 30 heavy (non-hydrogen) atoms. The van der Waals surface area contributed by atoms with Gasteiger partial charge in [-0.25, -0.2) is 18.0 Å². The smallest absolute Gasteiger partial charge is 0.329 e. The van der Waals surface area contributed by atoms with Gasteiger partial charge in [0.2, 0.25) is 0 Å². The van der Waals surface area contributed by atoms with Crippen LogP contribution in [-0.2, 0) is 0 Å². The molecule has 7 nitrogen and oxygen atoms in total. The topological polar surface area (TPSA) is 87.6 Å². The molecule has 1 aliphatic heterocycles. The Bertz CT molecular complexity index is 1140. The van der Waals surface area contributed by atoms with Gasteiger partial charge in [-0.2, -0.15) is 0 Å². The molecule has 2 N–H and O–H groups in total. The molecule has 2 saturated carbocycles. The number of nitrogens with zero attached hydrogens (tertiary/aromatic N) is 2. The van der Waals surface area contributed by atoms with Crippen molar-refractivity contribution in [3.8, 4) is 5.75 Å². The van der Waals surface area contributed by atoms with Crippen molar-refractivity contribution in [3.05, 3.63) is 32.2 Å². The third kappa shape index (κ3) is 2.69. The minimum absolute atomic E-state index is 0.0791. The number of aliphatic hydroxyl groups is 1. The first kappa shape index (κ1) is 19.5. The molecule has 1 aromatic carbocycles. The number of aromatic nitrogens is 2. The van der Waals surface area contributed by atoms with Gasteiger partial charge in [-0.1, -0.05) is 0 Å². The summed E-state index contributed by atoms with van der Waals surface area (Å²) in [4.78, 5) is 28.7. The highest BCUT2D eigenvalue weighted by atomic mass is 19.3. The summed E-state index contributed by atoms with van der Waals surface area (Å²) >= 11 is 0. The summed E-state index contributed by atoms with van der Waals surface area (Å²) in [6, 6.07) is -0.255. The second-order valence-corrected chi connectivity index (χ2v) is 8.47. The molecule has 1 aromatic heterocycles. The summed E-state index contributed by atoms with van der Waals surface area (Å²) in [6.45, 7) is 0.685. The summed E-state index contributed by atoms with van der Waals surface area (Å²) in [5.74, 6) is -1.25. The average Bonchev–Trinajstić information content (AvgIpc) is 3.34. The zero-order valence-electron chi connectivity index (χ0n) is 16.3. The molecule has 2 aromatic rings. The summed E-state index contributed by atoms with van der Waals surface area (Å²) < 4.78 is 50.3. The number of H-pyrrole nitrogens is 1. The van der Waals surface area contributed by atoms with Gasteiger partial charge in [-0.15, -0.1) is 0 Å². The molecule has 0 amide bonds. The normalized spacial score (nSPS) is 26.1. The molecule has 3 atom stereocenters. The zero-order valence-corrected chi connectivity index (χ0v) is 16.3. The van der Waals surface area contributed by atoms with Gasteiger partial charge in [0.1, 0.15) is 11.2 Å². The molecular formula is C20H22F3N3O4. The van der Waals surface area contributed by atoms with E-state index in [0.717, 1.165) is 6.42 Å². The molecule has 2 heterocycles. The summed E-state index contributed by atoms with van der Waals surface area (Å²) in [5.41, 5.74) is -3.05. The fraction of sp³-hybridized carbons (Fsp3) is 0.600. The molecule has 3 fully saturated rings. The summed E-state index contributed by atoms with van der Waals surface area (Å²) in [6.07, 6.45) is -1.03. The third-order valence-corrected chi connectivity index (χ3v) is 6.76. The van der Waals surface area contributed by atoms with E-state index in [1.807, 2.05) is 0 Å². The SMILES string of the molecule is COc1c(N2CC3CCC(O)C3C2)c(F)c(C(F)F)c2c(=O)[nH]c(=O)n(C3CC3)c12. The number of rotatable bonds is 4. The number of nitrogens with one attached hydrogen (secondary N) is 1. The first-order valence-electron chi connectivity index (χ1n) is 10.1. The van der Waals surface area contributed by atoms with E-state index in [1.54, 1.807) is 4.90 Å². The van der Waals surface area contributed by atoms with Gasteiger partial charge < -0.3 is 14.7 Å². The molecule has 3 unspecified atom stereocenters. The van der Waals surface area contributed by atoms with Crippen LogP contribution in [0.2, 0.25) is 0 Å². The number of anilines is 1. The summed E-state index contributed by atoms with van der Waals surface area (Å²) in [5, 5.41) is 9.66. The van der Waals surface area contributed by atoms with Gasteiger partial charge in [-0.3, -0.25) is 14.3 Å². The van der Waals surface area contributed by atoms with E-state index in [2.05, 4.69) is 4.98 Å². The molecule has 10 heteroatoms. The maximum atomic E-state index is 15.6. The van der Waals surface area contributed by atoms with Crippen molar-refractivity contribution in [1.29, 1.82) is 0 Å². The Kier molecular flexibility index (Phi) is 4.39. The van der Waals surface area contributed by atoms with Crippen LogP contribution in [0.25, 0.3) is 10.9 Å². The number of fused-ring (bicyclic) bond motifs is 2. The molecule has 0 bridgehead atoms. The lowest BCUT2D eigenvalue weighted by atomic mass is 10.00. The Morgan fingerprint density at radius 1 is 1.17 bits per heavy atom. The standard InChI is InChI=1S/C20H22F3N3O4/c1-30-17-15-13(19(28)24-20(29)26(15)9-3-4-9)12(18(22)23)14(21)16(17)25-6-8-2-5-11(27)10(8)7-25/h8-11,18,27H,2-7H2,1H3,(H,24,28,29). The largest absolute Gasteiger partial charge is 0.492 e. The van der Waals surface area contributed by atoms with Gasteiger partial charge in [0.25, 0.3) is 12.0 Å². The fourth-order valence-corrected chi connectivity index (χ4v) is 5.25. The number of hydrogen-bond donors (Lipinski definition) is 2. The molecule has 3 aliphatic rings. The lowest BCUT2D eigenvalue weighted by Gasteiger charge is -2.26. The van der Waals surface area contributed by atoms with Crippen molar-refractivity contribution in [3.63, 3.8) is 0 Å². The Labute approximate surface area is 169 Å². The first-order chi connectivity index (χ1) is 14.3. The van der Waals surface area contributed by atoms with Gasteiger partial charge in [0.15, 0.2) is 11.6 Å². The minimum atomic E-state index is -3.25. The molecule has 162 valence electrons. The number of methoxy groups -OCH3 is 1. The number of ether oxygens (including phenoxy) is 1. The predicted octanol–water partition coefficient (Wildman–Crippen LogP) is 2.32. The quantitative estimate of drug-likeness (QED) is 0.785. The van der Waals surface area contributed by atoms with E-state index < -0.39 is 40.5 Å². The van der Waals surface area contributed by atoms with Crippen LogP contribution >= 0.6 is 0 Å². The third-order valence-electron chi connectivity index (χ3n) is 6.76. The number of benzene rings is 1. The highest BCUT2D eigenvalue weighted by molar-refractivity contribution is 5.94. The van der Waals surface area contributed by atoms with Crippen molar-refractivity contribution in [2.45, 2.75) is 44.3 Å². The van der Waals surface area contributed by atoms with Crippen LogP contribution in [0.15, 0.2) is 9.59 Å².